The Balaban J connectivity index is 2.39. The number of amides is 1. The molecule has 0 unspecified atom stereocenters. The van der Waals surface area contributed by atoms with Gasteiger partial charge in [0.25, 0.3) is 0 Å². The third-order valence-corrected chi connectivity index (χ3v) is 2.27. The molecular formula is C10H12N2O. The normalized spacial score (nSPS) is 14.1. The van der Waals surface area contributed by atoms with E-state index in [-0.39, 0.29) is 5.91 Å². The predicted molar refractivity (Wildman–Crippen MR) is 51.5 cm³/mol. The van der Waals surface area contributed by atoms with Gasteiger partial charge in [0.05, 0.1) is 6.42 Å². The first-order valence-corrected chi connectivity index (χ1v) is 4.42. The molecule has 3 nitrogen and oxygen atoms in total. The van der Waals surface area contributed by atoms with Crippen LogP contribution in [-0.4, -0.2) is 12.5 Å². The van der Waals surface area contributed by atoms with Crippen molar-refractivity contribution >= 4 is 11.6 Å². The molecule has 13 heavy (non-hydrogen) atoms. The monoisotopic (exact) mass is 176 g/mol. The molecule has 1 aliphatic rings. The van der Waals surface area contributed by atoms with Crippen molar-refractivity contribution in [1.29, 1.82) is 0 Å². The van der Waals surface area contributed by atoms with Gasteiger partial charge in [0.2, 0.25) is 5.91 Å². The van der Waals surface area contributed by atoms with Crippen LogP contribution < -0.4 is 11.1 Å². The van der Waals surface area contributed by atoms with Gasteiger partial charge in [0.1, 0.15) is 0 Å². The van der Waals surface area contributed by atoms with Crippen molar-refractivity contribution in [3.63, 3.8) is 0 Å². The molecule has 3 heteroatoms. The van der Waals surface area contributed by atoms with Crippen LogP contribution in [0.1, 0.15) is 11.1 Å². The van der Waals surface area contributed by atoms with Crippen LogP contribution in [0.25, 0.3) is 0 Å². The Kier molecular flexibility index (Phi) is 2.02. The minimum atomic E-state index is 0.0828. The molecule has 1 aliphatic heterocycles. The van der Waals surface area contributed by atoms with E-state index in [9.17, 15) is 4.79 Å². The Morgan fingerprint density at radius 3 is 3.08 bits per heavy atom. The van der Waals surface area contributed by atoms with E-state index in [1.54, 1.807) is 0 Å². The summed E-state index contributed by atoms with van der Waals surface area (Å²) in [7, 11) is 0. The van der Waals surface area contributed by atoms with Crippen LogP contribution in [0.4, 0.5) is 5.69 Å². The maximum Gasteiger partial charge on any atom is 0.228 e. The molecule has 0 bridgehead atoms. The van der Waals surface area contributed by atoms with Gasteiger partial charge in [-0.15, -0.1) is 0 Å². The van der Waals surface area contributed by atoms with Crippen molar-refractivity contribution in [3.05, 3.63) is 29.3 Å². The zero-order valence-corrected chi connectivity index (χ0v) is 7.34. The largest absolute Gasteiger partial charge is 0.330 e. The van der Waals surface area contributed by atoms with Gasteiger partial charge in [-0.2, -0.15) is 0 Å². The maximum atomic E-state index is 11.1. The summed E-state index contributed by atoms with van der Waals surface area (Å²) >= 11 is 0. The summed E-state index contributed by atoms with van der Waals surface area (Å²) in [6, 6.07) is 5.97. The zero-order valence-electron chi connectivity index (χ0n) is 7.34. The molecule has 0 radical (unpaired) electrons. The molecular weight excluding hydrogens is 164 g/mol. The minimum absolute atomic E-state index is 0.0828. The quantitative estimate of drug-likeness (QED) is 0.696. The van der Waals surface area contributed by atoms with Gasteiger partial charge in [-0.3, -0.25) is 4.79 Å². The van der Waals surface area contributed by atoms with Gasteiger partial charge in [0, 0.05) is 5.69 Å². The number of benzene rings is 1. The van der Waals surface area contributed by atoms with Crippen LogP contribution in [-0.2, 0) is 17.6 Å². The first-order valence-electron chi connectivity index (χ1n) is 4.42. The predicted octanol–water partition coefficient (Wildman–Crippen LogP) is 0.682. The SMILES string of the molecule is NCCc1cccc2c1NC(=O)C2. The number of fused-ring (bicyclic) bond motifs is 1. The molecule has 1 heterocycles. The molecule has 2 rings (SSSR count). The van der Waals surface area contributed by atoms with Gasteiger partial charge >= 0.3 is 0 Å². The van der Waals surface area contributed by atoms with E-state index in [0.717, 1.165) is 23.2 Å². The number of nitrogens with one attached hydrogen (secondary N) is 1. The summed E-state index contributed by atoms with van der Waals surface area (Å²) in [5, 5.41) is 2.86. The highest BCUT2D eigenvalue weighted by Crippen LogP contribution is 2.26. The lowest BCUT2D eigenvalue weighted by molar-refractivity contribution is -0.115. The second-order valence-electron chi connectivity index (χ2n) is 3.21. The van der Waals surface area contributed by atoms with E-state index in [1.807, 2.05) is 18.2 Å². The first kappa shape index (κ1) is 8.26. The fourth-order valence-corrected chi connectivity index (χ4v) is 1.68. The van der Waals surface area contributed by atoms with E-state index in [1.165, 1.54) is 0 Å². The first-order chi connectivity index (χ1) is 6.31. The highest BCUT2D eigenvalue weighted by molar-refractivity contribution is 6.00. The molecule has 0 aromatic heterocycles. The van der Waals surface area contributed by atoms with Crippen LogP contribution in [0.5, 0.6) is 0 Å². The van der Waals surface area contributed by atoms with Gasteiger partial charge in [-0.1, -0.05) is 18.2 Å². The molecule has 3 N–H and O–H groups in total. The van der Waals surface area contributed by atoms with Crippen molar-refractivity contribution in [2.24, 2.45) is 5.73 Å². The van der Waals surface area contributed by atoms with Crippen molar-refractivity contribution < 1.29 is 4.79 Å². The summed E-state index contributed by atoms with van der Waals surface area (Å²) in [5.41, 5.74) is 8.70. The van der Waals surface area contributed by atoms with E-state index >= 15 is 0 Å². The second kappa shape index (κ2) is 3.18. The number of hydrogen-bond donors (Lipinski definition) is 2. The van der Waals surface area contributed by atoms with Crippen LogP contribution >= 0.6 is 0 Å². The standard InChI is InChI=1S/C10H12N2O/c11-5-4-7-2-1-3-8-6-9(13)12-10(7)8/h1-3H,4-6,11H2,(H,12,13). The Bertz CT molecular complexity index is 347. The van der Waals surface area contributed by atoms with Crippen molar-refractivity contribution in [1.82, 2.24) is 0 Å². The van der Waals surface area contributed by atoms with Crippen LogP contribution in [0, 0.1) is 0 Å². The zero-order chi connectivity index (χ0) is 9.26. The van der Waals surface area contributed by atoms with Gasteiger partial charge < -0.3 is 11.1 Å². The summed E-state index contributed by atoms with van der Waals surface area (Å²) in [5.74, 6) is 0.0828. The van der Waals surface area contributed by atoms with E-state index < -0.39 is 0 Å². The molecule has 68 valence electrons. The summed E-state index contributed by atoms with van der Waals surface area (Å²) < 4.78 is 0. The topological polar surface area (TPSA) is 55.1 Å². The average molecular weight is 176 g/mol. The van der Waals surface area contributed by atoms with Crippen molar-refractivity contribution in [2.75, 3.05) is 11.9 Å². The number of carbonyl (C=O) groups is 1. The number of para-hydroxylation sites is 1. The molecule has 0 aliphatic carbocycles. The van der Waals surface area contributed by atoms with Crippen LogP contribution in [0.3, 0.4) is 0 Å². The molecule has 0 saturated heterocycles. The molecule has 0 saturated carbocycles. The molecule has 0 spiro atoms. The Morgan fingerprint density at radius 1 is 1.46 bits per heavy atom. The van der Waals surface area contributed by atoms with Gasteiger partial charge in [0.15, 0.2) is 0 Å². The number of nitrogens with two attached hydrogens (primary N) is 1. The lowest BCUT2D eigenvalue weighted by Gasteiger charge is -2.05. The maximum absolute atomic E-state index is 11.1. The summed E-state index contributed by atoms with van der Waals surface area (Å²) in [6.45, 7) is 0.617. The van der Waals surface area contributed by atoms with Crippen molar-refractivity contribution in [3.8, 4) is 0 Å². The third-order valence-electron chi connectivity index (χ3n) is 2.27. The molecule has 1 aromatic rings. The highest BCUT2D eigenvalue weighted by Gasteiger charge is 2.19. The lowest BCUT2D eigenvalue weighted by atomic mass is 10.1. The second-order valence-corrected chi connectivity index (χ2v) is 3.21. The smallest absolute Gasteiger partial charge is 0.228 e. The summed E-state index contributed by atoms with van der Waals surface area (Å²) in [4.78, 5) is 11.1. The van der Waals surface area contributed by atoms with E-state index in [4.69, 9.17) is 5.73 Å². The van der Waals surface area contributed by atoms with E-state index in [0.29, 0.717) is 13.0 Å². The number of anilines is 1. The molecule has 0 atom stereocenters. The Hall–Kier alpha value is -1.35. The number of rotatable bonds is 2. The summed E-state index contributed by atoms with van der Waals surface area (Å²) in [6.07, 6.45) is 1.33. The molecule has 1 amide bonds. The van der Waals surface area contributed by atoms with Gasteiger partial charge in [-0.25, -0.2) is 0 Å². The fraction of sp³-hybridized carbons (Fsp3) is 0.300. The average Bonchev–Trinajstić information content (AvgIpc) is 2.47. The van der Waals surface area contributed by atoms with E-state index in [2.05, 4.69) is 5.32 Å². The van der Waals surface area contributed by atoms with Crippen molar-refractivity contribution in [2.45, 2.75) is 12.8 Å². The molecule has 1 aromatic carbocycles. The number of hydrogen-bond acceptors (Lipinski definition) is 2. The van der Waals surface area contributed by atoms with Crippen LogP contribution in [0.15, 0.2) is 18.2 Å². The Morgan fingerprint density at radius 2 is 2.31 bits per heavy atom. The lowest BCUT2D eigenvalue weighted by Crippen LogP contribution is -2.07. The van der Waals surface area contributed by atoms with Gasteiger partial charge in [-0.05, 0) is 24.1 Å². The van der Waals surface area contributed by atoms with Crippen LogP contribution in [0.2, 0.25) is 0 Å². The third kappa shape index (κ3) is 1.42. The fourth-order valence-electron chi connectivity index (χ4n) is 1.68. The number of carbonyl (C=O) groups excluding carboxylic acids is 1. The minimum Gasteiger partial charge on any atom is -0.330 e. The highest BCUT2D eigenvalue weighted by atomic mass is 16.1. The molecule has 0 fully saturated rings. The Labute approximate surface area is 76.9 Å².